The van der Waals surface area contributed by atoms with Crippen LogP contribution in [0.25, 0.3) is 22.6 Å². The second kappa shape index (κ2) is 4.28. The van der Waals surface area contributed by atoms with Gasteiger partial charge in [-0.15, -0.1) is 0 Å². The molecule has 0 saturated heterocycles. The number of aromatic nitrogens is 1. The van der Waals surface area contributed by atoms with Crippen molar-refractivity contribution in [2.75, 3.05) is 7.11 Å². The molecule has 96 valence electrons. The Kier molecular flexibility index (Phi) is 2.59. The zero-order valence-electron chi connectivity index (χ0n) is 10.1. The summed E-state index contributed by atoms with van der Waals surface area (Å²) in [6, 6.07) is 9.22. The lowest BCUT2D eigenvalue weighted by molar-refractivity contribution is 0.415. The van der Waals surface area contributed by atoms with Gasteiger partial charge in [-0.25, -0.2) is 9.37 Å². The van der Waals surface area contributed by atoms with E-state index in [2.05, 4.69) is 4.98 Å². The average molecular weight is 259 g/mol. The van der Waals surface area contributed by atoms with Crippen LogP contribution in [0.2, 0.25) is 0 Å². The van der Waals surface area contributed by atoms with Gasteiger partial charge in [0.2, 0.25) is 5.89 Å². The fraction of sp³-hybridized carbons (Fsp3) is 0.0714. The highest BCUT2D eigenvalue weighted by Gasteiger charge is 2.11. The van der Waals surface area contributed by atoms with Crippen LogP contribution in [0, 0.1) is 5.82 Å². The Bertz CT molecular complexity index is 752. The molecule has 0 atom stereocenters. The Balaban J connectivity index is 2.11. The van der Waals surface area contributed by atoms with Crippen LogP contribution < -0.4 is 4.74 Å². The molecular weight excluding hydrogens is 249 g/mol. The van der Waals surface area contributed by atoms with Gasteiger partial charge < -0.3 is 14.3 Å². The molecule has 0 aliphatic rings. The quantitative estimate of drug-likeness (QED) is 0.766. The minimum atomic E-state index is -0.711. The standard InChI is InChI=1S/C14H10FNO3/c1-18-9-3-5-13-11(7-9)16-14(19-13)8-2-4-12(17)10(15)6-8/h2-7,17H,1H3. The number of phenols is 1. The van der Waals surface area contributed by atoms with E-state index in [-0.39, 0.29) is 0 Å². The van der Waals surface area contributed by atoms with E-state index in [0.717, 1.165) is 0 Å². The molecule has 0 unspecified atom stereocenters. The van der Waals surface area contributed by atoms with Gasteiger partial charge in [0.1, 0.15) is 11.3 Å². The van der Waals surface area contributed by atoms with Gasteiger partial charge in [0.15, 0.2) is 17.1 Å². The van der Waals surface area contributed by atoms with Crippen LogP contribution in [0.15, 0.2) is 40.8 Å². The van der Waals surface area contributed by atoms with Gasteiger partial charge in [-0.1, -0.05) is 0 Å². The maximum Gasteiger partial charge on any atom is 0.227 e. The summed E-state index contributed by atoms with van der Waals surface area (Å²) in [4.78, 5) is 4.27. The molecule has 4 nitrogen and oxygen atoms in total. The summed E-state index contributed by atoms with van der Waals surface area (Å²) in [6.45, 7) is 0. The molecule has 1 N–H and O–H groups in total. The molecule has 0 fully saturated rings. The number of hydrogen-bond acceptors (Lipinski definition) is 4. The summed E-state index contributed by atoms with van der Waals surface area (Å²) >= 11 is 0. The highest BCUT2D eigenvalue weighted by atomic mass is 19.1. The van der Waals surface area contributed by atoms with Gasteiger partial charge in [0, 0.05) is 11.6 Å². The first-order chi connectivity index (χ1) is 9.17. The van der Waals surface area contributed by atoms with Crippen molar-refractivity contribution in [1.82, 2.24) is 4.98 Å². The Morgan fingerprint density at radius 2 is 2.05 bits per heavy atom. The fourth-order valence-electron chi connectivity index (χ4n) is 1.80. The summed E-state index contributed by atoms with van der Waals surface area (Å²) in [5, 5.41) is 9.16. The number of phenolic OH excluding ortho intramolecular Hbond substituents is 1. The number of hydrogen-bond donors (Lipinski definition) is 1. The Labute approximate surface area is 108 Å². The molecule has 0 aliphatic carbocycles. The van der Waals surface area contributed by atoms with Crippen LogP contribution in [0.5, 0.6) is 11.5 Å². The molecule has 3 rings (SSSR count). The van der Waals surface area contributed by atoms with Crippen molar-refractivity contribution >= 4 is 11.1 Å². The van der Waals surface area contributed by atoms with E-state index in [1.54, 1.807) is 31.4 Å². The number of oxazole rings is 1. The van der Waals surface area contributed by atoms with E-state index in [0.29, 0.717) is 28.3 Å². The van der Waals surface area contributed by atoms with Crippen LogP contribution in [-0.4, -0.2) is 17.2 Å². The second-order valence-electron chi connectivity index (χ2n) is 4.02. The molecule has 0 amide bonds. The first kappa shape index (κ1) is 11.5. The Morgan fingerprint density at radius 1 is 1.21 bits per heavy atom. The zero-order chi connectivity index (χ0) is 13.4. The SMILES string of the molecule is COc1ccc2oc(-c3ccc(O)c(F)c3)nc2c1. The van der Waals surface area contributed by atoms with E-state index in [1.807, 2.05) is 0 Å². The molecule has 19 heavy (non-hydrogen) atoms. The van der Waals surface area contributed by atoms with Crippen molar-refractivity contribution in [3.63, 3.8) is 0 Å². The minimum Gasteiger partial charge on any atom is -0.505 e. The third-order valence-electron chi connectivity index (χ3n) is 2.79. The van der Waals surface area contributed by atoms with Crippen LogP contribution in [-0.2, 0) is 0 Å². The molecule has 2 aromatic carbocycles. The van der Waals surface area contributed by atoms with Crippen LogP contribution in [0.3, 0.4) is 0 Å². The van der Waals surface area contributed by atoms with Crippen molar-refractivity contribution in [1.29, 1.82) is 0 Å². The lowest BCUT2D eigenvalue weighted by Crippen LogP contribution is -1.82. The lowest BCUT2D eigenvalue weighted by Gasteiger charge is -1.97. The van der Waals surface area contributed by atoms with Gasteiger partial charge in [-0.05, 0) is 30.3 Å². The number of halogens is 1. The third kappa shape index (κ3) is 1.99. The number of fused-ring (bicyclic) bond motifs is 1. The monoisotopic (exact) mass is 259 g/mol. The highest BCUT2D eigenvalue weighted by Crippen LogP contribution is 2.28. The van der Waals surface area contributed by atoms with Gasteiger partial charge in [0.05, 0.1) is 7.11 Å². The molecule has 3 aromatic rings. The van der Waals surface area contributed by atoms with Crippen LogP contribution >= 0.6 is 0 Å². The second-order valence-corrected chi connectivity index (χ2v) is 4.02. The van der Waals surface area contributed by atoms with E-state index < -0.39 is 11.6 Å². The first-order valence-corrected chi connectivity index (χ1v) is 5.61. The Hall–Kier alpha value is -2.56. The first-order valence-electron chi connectivity index (χ1n) is 5.61. The summed E-state index contributed by atoms with van der Waals surface area (Å²) < 4.78 is 23.9. The molecule has 0 aliphatic heterocycles. The number of nitrogens with zero attached hydrogens (tertiary/aromatic N) is 1. The largest absolute Gasteiger partial charge is 0.505 e. The summed E-state index contributed by atoms with van der Waals surface area (Å²) in [6.07, 6.45) is 0. The normalized spacial score (nSPS) is 10.8. The molecule has 1 aromatic heterocycles. The predicted molar refractivity (Wildman–Crippen MR) is 67.6 cm³/mol. The fourth-order valence-corrected chi connectivity index (χ4v) is 1.80. The number of ether oxygens (including phenoxy) is 1. The van der Waals surface area contributed by atoms with Crippen LogP contribution in [0.1, 0.15) is 0 Å². The summed E-state index contributed by atoms with van der Waals surface area (Å²) in [7, 11) is 1.57. The van der Waals surface area contributed by atoms with Crippen molar-refractivity contribution in [2.45, 2.75) is 0 Å². The molecule has 5 heteroatoms. The number of rotatable bonds is 2. The van der Waals surface area contributed by atoms with Crippen molar-refractivity contribution < 1.29 is 18.7 Å². The number of aromatic hydroxyl groups is 1. The molecule has 0 radical (unpaired) electrons. The van der Waals surface area contributed by atoms with E-state index in [4.69, 9.17) is 14.3 Å². The van der Waals surface area contributed by atoms with E-state index in [1.165, 1.54) is 12.1 Å². The topological polar surface area (TPSA) is 55.5 Å². The van der Waals surface area contributed by atoms with Gasteiger partial charge in [0.25, 0.3) is 0 Å². The van der Waals surface area contributed by atoms with E-state index in [9.17, 15) is 4.39 Å². The van der Waals surface area contributed by atoms with Gasteiger partial charge >= 0.3 is 0 Å². The predicted octanol–water partition coefficient (Wildman–Crippen LogP) is 3.35. The third-order valence-corrected chi connectivity index (χ3v) is 2.79. The summed E-state index contributed by atoms with van der Waals surface area (Å²) in [5.41, 5.74) is 1.68. The van der Waals surface area contributed by atoms with Crippen molar-refractivity contribution in [2.24, 2.45) is 0 Å². The van der Waals surface area contributed by atoms with Gasteiger partial charge in [-0.2, -0.15) is 0 Å². The summed E-state index contributed by atoms with van der Waals surface area (Å²) in [5.74, 6) is -0.148. The van der Waals surface area contributed by atoms with Crippen molar-refractivity contribution in [3.05, 3.63) is 42.2 Å². The van der Waals surface area contributed by atoms with Gasteiger partial charge in [-0.3, -0.25) is 0 Å². The molecule has 0 spiro atoms. The highest BCUT2D eigenvalue weighted by molar-refractivity contribution is 5.77. The lowest BCUT2D eigenvalue weighted by atomic mass is 10.2. The minimum absolute atomic E-state index is 0.294. The van der Waals surface area contributed by atoms with E-state index >= 15 is 0 Å². The van der Waals surface area contributed by atoms with Crippen LogP contribution in [0.4, 0.5) is 4.39 Å². The Morgan fingerprint density at radius 3 is 2.79 bits per heavy atom. The number of methoxy groups -OCH3 is 1. The zero-order valence-corrected chi connectivity index (χ0v) is 10.1. The molecular formula is C14H10FNO3. The maximum atomic E-state index is 13.3. The maximum absolute atomic E-state index is 13.3. The smallest absolute Gasteiger partial charge is 0.227 e. The molecule has 0 saturated carbocycles. The molecule has 0 bridgehead atoms. The number of benzene rings is 2. The molecule has 1 heterocycles. The van der Waals surface area contributed by atoms with Crippen molar-refractivity contribution in [3.8, 4) is 23.0 Å². The average Bonchev–Trinajstić information content (AvgIpc) is 2.84.